The van der Waals surface area contributed by atoms with E-state index in [2.05, 4.69) is 15.1 Å². The Morgan fingerprint density at radius 3 is 2.55 bits per heavy atom. The van der Waals surface area contributed by atoms with E-state index in [9.17, 15) is 9.90 Å². The zero-order chi connectivity index (χ0) is 23.4. The van der Waals surface area contributed by atoms with E-state index in [-0.39, 0.29) is 17.2 Å². The van der Waals surface area contributed by atoms with E-state index in [0.717, 1.165) is 41.0 Å². The van der Waals surface area contributed by atoms with E-state index in [1.165, 1.54) is 32.1 Å². The highest BCUT2D eigenvalue weighted by Gasteiger charge is 2.22. The average molecular weight is 451 g/mol. The third kappa shape index (κ3) is 5.47. The average Bonchev–Trinajstić information content (AvgIpc) is 3.19. The molecule has 1 saturated carbocycles. The molecule has 176 valence electrons. The summed E-state index contributed by atoms with van der Waals surface area (Å²) in [6, 6.07) is 10.8. The first kappa shape index (κ1) is 23.1. The van der Waals surface area contributed by atoms with E-state index in [4.69, 9.17) is 4.74 Å². The molecule has 1 fully saturated rings. The summed E-state index contributed by atoms with van der Waals surface area (Å²) in [6.45, 7) is 1.43. The summed E-state index contributed by atoms with van der Waals surface area (Å²) in [6.07, 6.45) is 7.25. The minimum absolute atomic E-state index is 0.0455. The number of benzene rings is 2. The molecule has 1 aliphatic carbocycles. The van der Waals surface area contributed by atoms with Gasteiger partial charge in [-0.2, -0.15) is 5.10 Å². The summed E-state index contributed by atoms with van der Waals surface area (Å²) >= 11 is 0. The number of hydrogen-bond donors (Lipinski definition) is 2. The second-order valence-electron chi connectivity index (χ2n) is 9.30. The lowest BCUT2D eigenvalue weighted by Crippen LogP contribution is -2.26. The Hall–Kier alpha value is -3.06. The van der Waals surface area contributed by atoms with Gasteiger partial charge in [-0.25, -0.2) is 0 Å². The lowest BCUT2D eigenvalue weighted by atomic mass is 9.85. The summed E-state index contributed by atoms with van der Waals surface area (Å²) in [5.41, 5.74) is 2.75. The molecule has 0 spiro atoms. The zero-order valence-corrected chi connectivity index (χ0v) is 19.8. The molecule has 1 aromatic heterocycles. The van der Waals surface area contributed by atoms with Gasteiger partial charge in [0.05, 0.1) is 16.8 Å². The molecule has 1 heterocycles. The Bertz CT molecular complexity index is 1080. The fraction of sp³-hybridized carbons (Fsp3) is 0.462. The SMILES string of the molecule is CN(C)CCOc1ccc(N(C)C(=O)c2cc3c(CC4CCCCC4)n[nH]c3cc2O)cc1. The molecule has 0 saturated heterocycles. The number of aromatic nitrogens is 2. The van der Waals surface area contributed by atoms with Crippen LogP contribution in [-0.2, 0) is 6.42 Å². The molecule has 2 aromatic carbocycles. The van der Waals surface area contributed by atoms with E-state index >= 15 is 0 Å². The maximum Gasteiger partial charge on any atom is 0.261 e. The van der Waals surface area contributed by atoms with E-state index in [1.54, 1.807) is 24.1 Å². The van der Waals surface area contributed by atoms with Gasteiger partial charge in [-0.15, -0.1) is 0 Å². The predicted molar refractivity (Wildman–Crippen MR) is 131 cm³/mol. The molecule has 33 heavy (non-hydrogen) atoms. The van der Waals surface area contributed by atoms with Crippen molar-refractivity contribution in [1.82, 2.24) is 15.1 Å². The molecule has 3 aromatic rings. The standard InChI is InChI=1S/C26H34N4O3/c1-29(2)13-14-33-20-11-9-19(10-12-20)30(3)26(32)22-16-21-23(15-18-7-5-4-6-8-18)27-28-24(21)17-25(22)31/h9-12,16-18,31H,4-8,13-15H2,1-3H3,(H,27,28). The Morgan fingerprint density at radius 1 is 1.12 bits per heavy atom. The molecule has 0 unspecified atom stereocenters. The van der Waals surface area contributed by atoms with Gasteiger partial charge < -0.3 is 19.6 Å². The number of anilines is 1. The highest BCUT2D eigenvalue weighted by molar-refractivity contribution is 6.09. The van der Waals surface area contributed by atoms with Gasteiger partial charge in [0, 0.05) is 30.7 Å². The van der Waals surface area contributed by atoms with Gasteiger partial charge in [-0.3, -0.25) is 9.89 Å². The van der Waals surface area contributed by atoms with Gasteiger partial charge in [0.15, 0.2) is 0 Å². The van der Waals surface area contributed by atoms with Gasteiger partial charge in [-0.05, 0) is 56.8 Å². The molecule has 1 aliphatic rings. The van der Waals surface area contributed by atoms with Crippen LogP contribution in [0.15, 0.2) is 36.4 Å². The number of aromatic amines is 1. The number of nitrogens with zero attached hydrogens (tertiary/aromatic N) is 3. The maximum absolute atomic E-state index is 13.3. The Balaban J connectivity index is 1.50. The molecular formula is C26H34N4O3. The maximum atomic E-state index is 13.3. The fourth-order valence-electron chi connectivity index (χ4n) is 4.51. The fourth-order valence-corrected chi connectivity index (χ4v) is 4.51. The van der Waals surface area contributed by atoms with Crippen molar-refractivity contribution in [3.63, 3.8) is 0 Å². The van der Waals surface area contributed by atoms with E-state index in [0.29, 0.717) is 12.5 Å². The number of rotatable bonds is 8. The van der Waals surface area contributed by atoms with Crippen molar-refractivity contribution in [2.75, 3.05) is 39.2 Å². The number of aromatic hydroxyl groups is 1. The van der Waals surface area contributed by atoms with Crippen molar-refractivity contribution in [2.24, 2.45) is 5.92 Å². The number of ether oxygens (including phenoxy) is 1. The van der Waals surface area contributed by atoms with Crippen molar-refractivity contribution >= 4 is 22.5 Å². The lowest BCUT2D eigenvalue weighted by molar-refractivity contribution is 0.0990. The second kappa shape index (κ2) is 10.3. The number of fused-ring (bicyclic) bond motifs is 1. The minimum atomic E-state index is -0.263. The quantitative estimate of drug-likeness (QED) is 0.524. The number of carbonyl (C=O) groups excluding carboxylic acids is 1. The number of nitrogens with one attached hydrogen (secondary N) is 1. The van der Waals surface area contributed by atoms with Crippen LogP contribution in [0.2, 0.25) is 0 Å². The number of carbonyl (C=O) groups is 1. The summed E-state index contributed by atoms with van der Waals surface area (Å²) in [7, 11) is 5.72. The molecule has 7 heteroatoms. The van der Waals surface area contributed by atoms with Crippen LogP contribution in [0, 0.1) is 5.92 Å². The van der Waals surface area contributed by atoms with Gasteiger partial charge in [-0.1, -0.05) is 32.1 Å². The molecular weight excluding hydrogens is 416 g/mol. The normalized spacial score (nSPS) is 14.7. The molecule has 1 amide bonds. The monoisotopic (exact) mass is 450 g/mol. The van der Waals surface area contributed by atoms with Crippen LogP contribution in [0.3, 0.4) is 0 Å². The smallest absolute Gasteiger partial charge is 0.261 e. The predicted octanol–water partition coefficient (Wildman–Crippen LogP) is 4.61. The molecule has 0 aliphatic heterocycles. The first-order valence-corrected chi connectivity index (χ1v) is 11.8. The topological polar surface area (TPSA) is 81.7 Å². The molecule has 0 bridgehead atoms. The zero-order valence-electron chi connectivity index (χ0n) is 19.8. The minimum Gasteiger partial charge on any atom is -0.507 e. The van der Waals surface area contributed by atoms with Crippen LogP contribution in [0.4, 0.5) is 5.69 Å². The molecule has 0 atom stereocenters. The van der Waals surface area contributed by atoms with Crippen molar-refractivity contribution in [2.45, 2.75) is 38.5 Å². The van der Waals surface area contributed by atoms with Gasteiger partial charge in [0.25, 0.3) is 5.91 Å². The Morgan fingerprint density at radius 2 is 1.85 bits per heavy atom. The van der Waals surface area contributed by atoms with Crippen LogP contribution in [-0.4, -0.2) is 60.4 Å². The van der Waals surface area contributed by atoms with Gasteiger partial charge in [0.2, 0.25) is 0 Å². The Labute approximate surface area is 195 Å². The van der Waals surface area contributed by atoms with Crippen molar-refractivity contribution in [1.29, 1.82) is 0 Å². The third-order valence-electron chi connectivity index (χ3n) is 6.53. The first-order chi connectivity index (χ1) is 15.9. The van der Waals surface area contributed by atoms with Crippen molar-refractivity contribution < 1.29 is 14.6 Å². The highest BCUT2D eigenvalue weighted by Crippen LogP contribution is 2.32. The third-order valence-corrected chi connectivity index (χ3v) is 6.53. The number of likely N-dealkylation sites (N-methyl/N-ethyl adjacent to an activating group) is 1. The number of H-pyrrole nitrogens is 1. The van der Waals surface area contributed by atoms with E-state index < -0.39 is 0 Å². The number of phenols is 1. The molecule has 4 rings (SSSR count). The van der Waals surface area contributed by atoms with Crippen molar-refractivity contribution in [3.05, 3.63) is 47.7 Å². The number of hydrogen-bond acceptors (Lipinski definition) is 5. The van der Waals surface area contributed by atoms with Crippen molar-refractivity contribution in [3.8, 4) is 11.5 Å². The molecule has 2 N–H and O–H groups in total. The number of amides is 1. The van der Waals surface area contributed by atoms with Crippen LogP contribution in [0.25, 0.3) is 10.9 Å². The lowest BCUT2D eigenvalue weighted by Gasteiger charge is -2.21. The highest BCUT2D eigenvalue weighted by atomic mass is 16.5. The summed E-state index contributed by atoms with van der Waals surface area (Å²) in [5, 5.41) is 19.0. The second-order valence-corrected chi connectivity index (χ2v) is 9.30. The van der Waals surface area contributed by atoms with Crippen LogP contribution in [0.5, 0.6) is 11.5 Å². The summed E-state index contributed by atoms with van der Waals surface area (Å²) < 4.78 is 5.74. The largest absolute Gasteiger partial charge is 0.507 e. The van der Waals surface area contributed by atoms with Crippen LogP contribution < -0.4 is 9.64 Å². The number of phenolic OH excluding ortho intramolecular Hbond substituents is 1. The van der Waals surface area contributed by atoms with E-state index in [1.807, 2.05) is 38.4 Å². The van der Waals surface area contributed by atoms with Crippen LogP contribution in [0.1, 0.15) is 48.2 Å². The first-order valence-electron chi connectivity index (χ1n) is 11.8. The summed E-state index contributed by atoms with van der Waals surface area (Å²) in [4.78, 5) is 16.9. The molecule has 0 radical (unpaired) electrons. The van der Waals surface area contributed by atoms with Gasteiger partial charge in [0.1, 0.15) is 18.1 Å². The summed E-state index contributed by atoms with van der Waals surface area (Å²) in [5.74, 6) is 1.09. The van der Waals surface area contributed by atoms with Crippen LogP contribution >= 0.6 is 0 Å². The Kier molecular flexibility index (Phi) is 7.18. The molecule has 7 nitrogen and oxygen atoms in total. The van der Waals surface area contributed by atoms with Gasteiger partial charge >= 0.3 is 0 Å².